The average Bonchev–Trinajstić information content (AvgIpc) is 2.23. The molecule has 0 aliphatic heterocycles. The summed E-state index contributed by atoms with van der Waals surface area (Å²) in [6, 6.07) is 0. The van der Waals surface area contributed by atoms with E-state index in [2.05, 4.69) is 12.2 Å². The third-order valence-electron chi connectivity index (χ3n) is 2.33. The van der Waals surface area contributed by atoms with Crippen molar-refractivity contribution in [1.29, 1.82) is 0 Å². The van der Waals surface area contributed by atoms with E-state index in [1.54, 1.807) is 0 Å². The normalized spacial score (nSPS) is 50.9. The van der Waals surface area contributed by atoms with E-state index in [9.17, 15) is 0 Å². The van der Waals surface area contributed by atoms with E-state index in [1.807, 2.05) is 0 Å². The van der Waals surface area contributed by atoms with Gasteiger partial charge in [0.25, 0.3) is 0 Å². The zero-order chi connectivity index (χ0) is 5.56. The van der Waals surface area contributed by atoms with Gasteiger partial charge in [0.1, 0.15) is 0 Å². The fourth-order valence-corrected chi connectivity index (χ4v) is 1.82. The number of hydrogen-bond donors (Lipinski definition) is 0. The first-order chi connectivity index (χ1) is 3.86. The van der Waals surface area contributed by atoms with Crippen molar-refractivity contribution in [2.45, 2.75) is 12.8 Å². The molecule has 0 amide bonds. The lowest BCUT2D eigenvalue weighted by atomic mass is 9.96. The van der Waals surface area contributed by atoms with Crippen molar-refractivity contribution in [3.8, 4) is 0 Å². The van der Waals surface area contributed by atoms with Crippen LogP contribution in [0.2, 0.25) is 0 Å². The van der Waals surface area contributed by atoms with Gasteiger partial charge in [0, 0.05) is 0 Å². The SMILES string of the molecule is [CH]C1CC2C=CC1C2. The predicted octanol–water partition coefficient (Wildman–Crippen LogP) is 1.91. The quantitative estimate of drug-likeness (QED) is 0.414. The van der Waals surface area contributed by atoms with Crippen LogP contribution in [0.3, 0.4) is 0 Å². The van der Waals surface area contributed by atoms with Gasteiger partial charge < -0.3 is 0 Å². The Balaban J connectivity index is 2.23. The van der Waals surface area contributed by atoms with Crippen molar-refractivity contribution in [2.24, 2.45) is 17.8 Å². The molecule has 0 nitrogen and oxygen atoms in total. The molecule has 0 heterocycles. The van der Waals surface area contributed by atoms with Crippen LogP contribution >= 0.6 is 0 Å². The monoisotopic (exact) mass is 106 g/mol. The van der Waals surface area contributed by atoms with E-state index < -0.39 is 0 Å². The van der Waals surface area contributed by atoms with E-state index in [1.165, 1.54) is 12.8 Å². The van der Waals surface area contributed by atoms with Crippen molar-refractivity contribution in [1.82, 2.24) is 0 Å². The second-order valence-corrected chi connectivity index (χ2v) is 2.94. The third kappa shape index (κ3) is 0.460. The van der Waals surface area contributed by atoms with E-state index >= 15 is 0 Å². The molecule has 0 saturated heterocycles. The highest BCUT2D eigenvalue weighted by molar-refractivity contribution is 5.10. The van der Waals surface area contributed by atoms with E-state index in [-0.39, 0.29) is 0 Å². The topological polar surface area (TPSA) is 0 Å². The van der Waals surface area contributed by atoms with Gasteiger partial charge in [-0.25, -0.2) is 0 Å². The van der Waals surface area contributed by atoms with Crippen LogP contribution in [0.1, 0.15) is 12.8 Å². The van der Waals surface area contributed by atoms with Gasteiger partial charge in [-0.15, -0.1) is 0 Å². The summed E-state index contributed by atoms with van der Waals surface area (Å²) >= 11 is 0. The van der Waals surface area contributed by atoms with E-state index in [4.69, 9.17) is 6.92 Å². The van der Waals surface area contributed by atoms with Crippen molar-refractivity contribution >= 4 is 0 Å². The van der Waals surface area contributed by atoms with Crippen molar-refractivity contribution in [3.63, 3.8) is 0 Å². The molecule has 2 aliphatic carbocycles. The molecule has 2 rings (SSSR count). The van der Waals surface area contributed by atoms with E-state index in [0.717, 1.165) is 11.8 Å². The molecule has 0 heteroatoms. The second-order valence-electron chi connectivity index (χ2n) is 2.94. The van der Waals surface area contributed by atoms with Gasteiger partial charge in [-0.05, 0) is 37.5 Å². The van der Waals surface area contributed by atoms with Crippen molar-refractivity contribution in [2.75, 3.05) is 0 Å². The summed E-state index contributed by atoms with van der Waals surface area (Å²) in [5.74, 6) is 2.07. The van der Waals surface area contributed by atoms with Crippen LogP contribution in [-0.2, 0) is 0 Å². The van der Waals surface area contributed by atoms with Crippen molar-refractivity contribution < 1.29 is 0 Å². The Hall–Kier alpha value is -0.260. The number of rotatable bonds is 0. The maximum Gasteiger partial charge on any atom is -0.0196 e. The van der Waals surface area contributed by atoms with Crippen molar-refractivity contribution in [3.05, 3.63) is 19.1 Å². The lowest BCUT2D eigenvalue weighted by molar-refractivity contribution is 0.546. The van der Waals surface area contributed by atoms with Gasteiger partial charge in [0.15, 0.2) is 0 Å². The standard InChI is InChI=1S/C8H10/c1-6-4-7-2-3-8(6)5-7/h1-3,6-8H,4-5H2. The molecule has 0 aromatic carbocycles. The highest BCUT2D eigenvalue weighted by atomic mass is 14.4. The molecule has 2 aliphatic rings. The number of fused-ring (bicyclic) bond motifs is 2. The first-order valence-corrected chi connectivity index (χ1v) is 3.30. The molecule has 0 N–H and O–H groups in total. The summed E-state index contributed by atoms with van der Waals surface area (Å²) in [5.41, 5.74) is 0. The summed E-state index contributed by atoms with van der Waals surface area (Å²) in [6.45, 7) is 5.77. The summed E-state index contributed by atoms with van der Waals surface area (Å²) in [5, 5.41) is 0. The minimum absolute atomic E-state index is 0.491. The van der Waals surface area contributed by atoms with Crippen LogP contribution in [-0.4, -0.2) is 0 Å². The Bertz CT molecular complexity index is 124. The maximum absolute atomic E-state index is 5.77. The minimum Gasteiger partial charge on any atom is -0.0851 e. The molecule has 3 unspecified atom stereocenters. The fourth-order valence-electron chi connectivity index (χ4n) is 1.82. The molecule has 8 heavy (non-hydrogen) atoms. The predicted molar refractivity (Wildman–Crippen MR) is 33.1 cm³/mol. The van der Waals surface area contributed by atoms with Gasteiger partial charge in [-0.3, -0.25) is 0 Å². The van der Waals surface area contributed by atoms with Crippen LogP contribution in [0.4, 0.5) is 0 Å². The second kappa shape index (κ2) is 1.37. The summed E-state index contributed by atoms with van der Waals surface area (Å²) in [7, 11) is 0. The zero-order valence-corrected chi connectivity index (χ0v) is 4.88. The highest BCUT2D eigenvalue weighted by Crippen LogP contribution is 2.42. The Morgan fingerprint density at radius 1 is 1.25 bits per heavy atom. The van der Waals surface area contributed by atoms with Gasteiger partial charge in [0.05, 0.1) is 0 Å². The van der Waals surface area contributed by atoms with Crippen LogP contribution in [0.25, 0.3) is 0 Å². The van der Waals surface area contributed by atoms with Crippen LogP contribution in [0.15, 0.2) is 12.2 Å². The molecule has 42 valence electrons. The molecular formula is C8H10. The molecule has 3 atom stereocenters. The fraction of sp³-hybridized carbons (Fsp3) is 0.625. The Labute approximate surface area is 50.6 Å². The van der Waals surface area contributed by atoms with Gasteiger partial charge in [-0.2, -0.15) is 0 Å². The summed E-state index contributed by atoms with van der Waals surface area (Å²) in [6.07, 6.45) is 7.16. The minimum atomic E-state index is 0.491. The smallest absolute Gasteiger partial charge is 0.0196 e. The van der Waals surface area contributed by atoms with Gasteiger partial charge >= 0.3 is 0 Å². The Morgan fingerprint density at radius 2 is 2.12 bits per heavy atom. The van der Waals surface area contributed by atoms with Crippen LogP contribution < -0.4 is 0 Å². The number of hydrogen-bond acceptors (Lipinski definition) is 0. The molecule has 2 bridgehead atoms. The largest absolute Gasteiger partial charge is 0.0851 e. The first-order valence-electron chi connectivity index (χ1n) is 3.30. The average molecular weight is 106 g/mol. The third-order valence-corrected chi connectivity index (χ3v) is 2.33. The highest BCUT2D eigenvalue weighted by Gasteiger charge is 2.32. The zero-order valence-electron chi connectivity index (χ0n) is 4.88. The van der Waals surface area contributed by atoms with Gasteiger partial charge in [-0.1, -0.05) is 12.2 Å². The van der Waals surface area contributed by atoms with Crippen LogP contribution in [0.5, 0.6) is 0 Å². The Morgan fingerprint density at radius 3 is 2.38 bits per heavy atom. The molecule has 2 radical (unpaired) electrons. The molecule has 0 aromatic heterocycles. The summed E-state index contributed by atoms with van der Waals surface area (Å²) < 4.78 is 0. The molecular weight excluding hydrogens is 96.1 g/mol. The summed E-state index contributed by atoms with van der Waals surface area (Å²) in [4.78, 5) is 0. The van der Waals surface area contributed by atoms with E-state index in [0.29, 0.717) is 5.92 Å². The number of allylic oxidation sites excluding steroid dienone is 2. The first kappa shape index (κ1) is 4.60. The molecule has 1 fully saturated rings. The van der Waals surface area contributed by atoms with Gasteiger partial charge in [0.2, 0.25) is 0 Å². The lowest BCUT2D eigenvalue weighted by Crippen LogP contribution is -2.00. The maximum atomic E-state index is 5.77. The Kier molecular flexibility index (Phi) is 0.787. The molecule has 0 aromatic rings. The molecule has 1 saturated carbocycles. The molecule has 0 spiro atoms. The lowest BCUT2D eigenvalue weighted by Gasteiger charge is -2.09. The van der Waals surface area contributed by atoms with Crippen LogP contribution in [0, 0.1) is 24.7 Å².